The first-order valence-corrected chi connectivity index (χ1v) is 23.3. The molecular weight excluding hydrogens is 683 g/mol. The fourth-order valence-corrected chi connectivity index (χ4v) is 6.79. The van der Waals surface area contributed by atoms with Crippen molar-refractivity contribution in [2.45, 2.75) is 199 Å². The summed E-state index contributed by atoms with van der Waals surface area (Å²) in [5.41, 5.74) is 0. The Balaban J connectivity index is 4.44. The SMILES string of the molecule is CCCCCC/C=C\C/C=C\CCCCCCCCCC(=O)NC(COP(=O)([O-])OCC[N+](C)(C)C)C(O)/C=C/CCCCCCCCCCCCC. The predicted molar refractivity (Wildman–Crippen MR) is 224 cm³/mol. The number of phosphoric ester groups is 1. The molecule has 0 aliphatic carbocycles. The minimum absolute atomic E-state index is 0.00304. The Hall–Kier alpha value is -1.28. The summed E-state index contributed by atoms with van der Waals surface area (Å²) in [5.74, 6) is -0.207. The molecule has 0 aromatic carbocycles. The van der Waals surface area contributed by atoms with Crippen molar-refractivity contribution in [3.63, 3.8) is 0 Å². The van der Waals surface area contributed by atoms with Crippen molar-refractivity contribution < 1.29 is 32.9 Å². The fraction of sp³-hybridized carbons (Fsp3) is 0.841. The molecule has 0 aromatic heterocycles. The average molecular weight is 769 g/mol. The van der Waals surface area contributed by atoms with E-state index in [1.54, 1.807) is 6.08 Å². The topological polar surface area (TPSA) is 108 Å². The second-order valence-corrected chi connectivity index (χ2v) is 17.5. The lowest BCUT2D eigenvalue weighted by Gasteiger charge is -2.29. The molecule has 9 heteroatoms. The molecule has 0 bridgehead atoms. The molecule has 1 amide bonds. The summed E-state index contributed by atoms with van der Waals surface area (Å²) < 4.78 is 23.2. The summed E-state index contributed by atoms with van der Waals surface area (Å²) in [5, 5.41) is 13.7. The Kier molecular flexibility index (Phi) is 35.5. The van der Waals surface area contributed by atoms with Gasteiger partial charge in [-0.05, 0) is 51.4 Å². The van der Waals surface area contributed by atoms with Gasteiger partial charge in [-0.3, -0.25) is 9.36 Å². The molecule has 0 saturated carbocycles. The summed E-state index contributed by atoms with van der Waals surface area (Å²) in [6, 6.07) is -0.888. The van der Waals surface area contributed by atoms with Crippen LogP contribution in [0, 0.1) is 0 Å². The summed E-state index contributed by atoms with van der Waals surface area (Å²) in [7, 11) is 1.25. The Bertz CT molecular complexity index is 964. The second kappa shape index (κ2) is 36.4. The zero-order valence-electron chi connectivity index (χ0n) is 35.2. The molecule has 0 rings (SSSR count). The lowest BCUT2D eigenvalue weighted by Crippen LogP contribution is -2.45. The fourth-order valence-electron chi connectivity index (χ4n) is 6.06. The lowest BCUT2D eigenvalue weighted by molar-refractivity contribution is -0.870. The average Bonchev–Trinajstić information content (AvgIpc) is 3.10. The van der Waals surface area contributed by atoms with Gasteiger partial charge in [-0.1, -0.05) is 166 Å². The van der Waals surface area contributed by atoms with Gasteiger partial charge in [0.25, 0.3) is 7.82 Å². The molecule has 3 atom stereocenters. The smallest absolute Gasteiger partial charge is 0.268 e. The van der Waals surface area contributed by atoms with Crippen LogP contribution in [0.2, 0.25) is 0 Å². The van der Waals surface area contributed by atoms with E-state index in [0.29, 0.717) is 17.4 Å². The number of nitrogens with one attached hydrogen (secondary N) is 1. The molecule has 3 unspecified atom stereocenters. The van der Waals surface area contributed by atoms with Crippen LogP contribution in [-0.2, 0) is 18.4 Å². The van der Waals surface area contributed by atoms with E-state index in [4.69, 9.17) is 9.05 Å². The van der Waals surface area contributed by atoms with Crippen LogP contribution in [0.1, 0.15) is 187 Å². The van der Waals surface area contributed by atoms with Gasteiger partial charge in [0, 0.05) is 6.42 Å². The summed E-state index contributed by atoms with van der Waals surface area (Å²) in [6.45, 7) is 4.61. The molecule has 0 saturated heterocycles. The number of aliphatic hydroxyl groups excluding tert-OH is 1. The maximum atomic E-state index is 12.8. The molecule has 312 valence electrons. The third-order valence-electron chi connectivity index (χ3n) is 9.59. The predicted octanol–water partition coefficient (Wildman–Crippen LogP) is 11.3. The molecule has 0 aromatic rings. The van der Waals surface area contributed by atoms with Gasteiger partial charge in [0.2, 0.25) is 5.91 Å². The second-order valence-electron chi connectivity index (χ2n) is 16.0. The van der Waals surface area contributed by atoms with E-state index in [1.165, 1.54) is 109 Å². The number of hydrogen-bond acceptors (Lipinski definition) is 6. The number of amides is 1. The number of carbonyl (C=O) groups excluding carboxylic acids is 1. The Morgan fingerprint density at radius 2 is 1.09 bits per heavy atom. The van der Waals surface area contributed by atoms with E-state index in [2.05, 4.69) is 43.5 Å². The highest BCUT2D eigenvalue weighted by Crippen LogP contribution is 2.38. The number of hydrogen-bond donors (Lipinski definition) is 2. The molecule has 0 aliphatic heterocycles. The van der Waals surface area contributed by atoms with Gasteiger partial charge in [-0.2, -0.15) is 0 Å². The van der Waals surface area contributed by atoms with Crippen molar-refractivity contribution in [1.29, 1.82) is 0 Å². The maximum Gasteiger partial charge on any atom is 0.268 e. The number of aliphatic hydroxyl groups is 1. The molecular formula is C44H85N2O6P. The normalized spacial score (nSPS) is 14.8. The van der Waals surface area contributed by atoms with Crippen molar-refractivity contribution in [3.05, 3.63) is 36.5 Å². The van der Waals surface area contributed by atoms with E-state index in [9.17, 15) is 19.4 Å². The highest BCUT2D eigenvalue weighted by molar-refractivity contribution is 7.45. The number of allylic oxidation sites excluding steroid dienone is 5. The van der Waals surface area contributed by atoms with E-state index in [0.717, 1.165) is 57.8 Å². The van der Waals surface area contributed by atoms with Crippen molar-refractivity contribution in [2.75, 3.05) is 40.9 Å². The number of rotatable bonds is 39. The molecule has 53 heavy (non-hydrogen) atoms. The van der Waals surface area contributed by atoms with Crippen LogP contribution in [0.3, 0.4) is 0 Å². The zero-order chi connectivity index (χ0) is 39.3. The minimum Gasteiger partial charge on any atom is -0.756 e. The standard InChI is InChI=1S/C44H85N2O6P/c1-6-8-10-12-14-16-18-20-21-22-23-24-26-28-30-32-34-36-38-44(48)45-42(41-52-53(49,50)51-40-39-46(3,4)5)43(47)37-35-33-31-29-27-25-19-17-15-13-11-9-7-2/h16,18,21-22,35,37,42-43,47H,6-15,17,19-20,23-34,36,38-41H2,1-5H3,(H-,45,48,49,50)/b18-16-,22-21-,37-35+. The quantitative estimate of drug-likeness (QED) is 0.0279. The largest absolute Gasteiger partial charge is 0.756 e. The number of quaternary nitrogens is 1. The maximum absolute atomic E-state index is 12.8. The van der Waals surface area contributed by atoms with Crippen LogP contribution in [0.5, 0.6) is 0 Å². The molecule has 0 radical (unpaired) electrons. The highest BCUT2D eigenvalue weighted by atomic mass is 31.2. The third-order valence-corrected chi connectivity index (χ3v) is 10.6. The molecule has 0 heterocycles. The first-order chi connectivity index (χ1) is 25.5. The lowest BCUT2D eigenvalue weighted by atomic mass is 10.0. The zero-order valence-corrected chi connectivity index (χ0v) is 36.1. The van der Waals surface area contributed by atoms with Gasteiger partial charge in [-0.25, -0.2) is 0 Å². The van der Waals surface area contributed by atoms with Crippen molar-refractivity contribution >= 4 is 13.7 Å². The van der Waals surface area contributed by atoms with E-state index in [-0.39, 0.29) is 19.1 Å². The number of carbonyl (C=O) groups is 1. The number of phosphoric acid groups is 1. The van der Waals surface area contributed by atoms with Gasteiger partial charge in [0.05, 0.1) is 39.9 Å². The van der Waals surface area contributed by atoms with Crippen molar-refractivity contribution in [3.8, 4) is 0 Å². The highest BCUT2D eigenvalue weighted by Gasteiger charge is 2.23. The first kappa shape index (κ1) is 51.7. The Morgan fingerprint density at radius 1 is 0.660 bits per heavy atom. The molecule has 0 aliphatic rings. The number of nitrogens with zero attached hydrogens (tertiary/aromatic N) is 1. The van der Waals surface area contributed by atoms with E-state index < -0.39 is 20.0 Å². The van der Waals surface area contributed by atoms with Gasteiger partial charge in [0.1, 0.15) is 13.2 Å². The summed E-state index contributed by atoms with van der Waals surface area (Å²) in [6.07, 6.45) is 43.2. The van der Waals surface area contributed by atoms with Crippen molar-refractivity contribution in [1.82, 2.24) is 5.32 Å². The van der Waals surface area contributed by atoms with Gasteiger partial charge >= 0.3 is 0 Å². The molecule has 8 nitrogen and oxygen atoms in total. The minimum atomic E-state index is -4.59. The summed E-state index contributed by atoms with van der Waals surface area (Å²) >= 11 is 0. The van der Waals surface area contributed by atoms with Crippen LogP contribution < -0.4 is 10.2 Å². The Labute approximate surface area is 327 Å². The van der Waals surface area contributed by atoms with Gasteiger partial charge in [0.15, 0.2) is 0 Å². The van der Waals surface area contributed by atoms with Gasteiger partial charge in [-0.15, -0.1) is 0 Å². The molecule has 0 fully saturated rings. The third kappa shape index (κ3) is 38.8. The van der Waals surface area contributed by atoms with Crippen LogP contribution in [0.25, 0.3) is 0 Å². The van der Waals surface area contributed by atoms with E-state index in [1.807, 2.05) is 27.2 Å². The van der Waals surface area contributed by atoms with Crippen LogP contribution in [-0.4, -0.2) is 68.5 Å². The van der Waals surface area contributed by atoms with Crippen LogP contribution in [0.4, 0.5) is 0 Å². The van der Waals surface area contributed by atoms with Crippen LogP contribution in [0.15, 0.2) is 36.5 Å². The molecule has 0 spiro atoms. The van der Waals surface area contributed by atoms with Crippen LogP contribution >= 0.6 is 7.82 Å². The monoisotopic (exact) mass is 769 g/mol. The molecule has 2 N–H and O–H groups in total. The van der Waals surface area contributed by atoms with Crippen molar-refractivity contribution in [2.24, 2.45) is 0 Å². The van der Waals surface area contributed by atoms with E-state index >= 15 is 0 Å². The number of likely N-dealkylation sites (N-methyl/N-ethyl adjacent to an activating group) is 1. The summed E-state index contributed by atoms with van der Waals surface area (Å²) in [4.78, 5) is 25.3. The number of unbranched alkanes of at least 4 members (excludes halogenated alkanes) is 22. The Morgan fingerprint density at radius 3 is 1.58 bits per heavy atom. The first-order valence-electron chi connectivity index (χ1n) is 21.9. The van der Waals surface area contributed by atoms with Gasteiger partial charge < -0.3 is 28.8 Å².